The van der Waals surface area contributed by atoms with E-state index in [0.717, 1.165) is 24.1 Å². The van der Waals surface area contributed by atoms with E-state index < -0.39 is 11.9 Å². The molecule has 2 amide bonds. The third kappa shape index (κ3) is 5.81. The lowest BCUT2D eigenvalue weighted by Gasteiger charge is -2.16. The average Bonchev–Trinajstić information content (AvgIpc) is 3.11. The van der Waals surface area contributed by atoms with Gasteiger partial charge in [0.05, 0.1) is 11.6 Å². The van der Waals surface area contributed by atoms with Gasteiger partial charge in [0.25, 0.3) is 5.91 Å². The molecule has 1 N–H and O–H groups in total. The molecule has 1 aliphatic rings. The van der Waals surface area contributed by atoms with Gasteiger partial charge in [-0.05, 0) is 48.7 Å². The van der Waals surface area contributed by atoms with Gasteiger partial charge in [0.1, 0.15) is 0 Å². The molecule has 0 spiro atoms. The SMILES string of the molecule is C[C@H](NC(=O)COC(=O)c1ccc(CN2CCCC2=O)cc1)c1cccc(Cl)c1. The van der Waals surface area contributed by atoms with Crippen molar-refractivity contribution in [3.05, 3.63) is 70.2 Å². The van der Waals surface area contributed by atoms with Crippen molar-refractivity contribution in [1.82, 2.24) is 10.2 Å². The first-order valence-corrected chi connectivity index (χ1v) is 9.89. The zero-order valence-electron chi connectivity index (χ0n) is 16.2. The van der Waals surface area contributed by atoms with Gasteiger partial charge in [0.15, 0.2) is 6.61 Å². The van der Waals surface area contributed by atoms with Crippen molar-refractivity contribution >= 4 is 29.4 Å². The number of likely N-dealkylation sites (tertiary alicyclic amines) is 1. The highest BCUT2D eigenvalue weighted by molar-refractivity contribution is 6.30. The van der Waals surface area contributed by atoms with Gasteiger partial charge in [-0.25, -0.2) is 4.79 Å². The highest BCUT2D eigenvalue weighted by atomic mass is 35.5. The van der Waals surface area contributed by atoms with Crippen LogP contribution in [0.2, 0.25) is 5.02 Å². The molecule has 1 aliphatic heterocycles. The summed E-state index contributed by atoms with van der Waals surface area (Å²) in [5.74, 6) is -0.805. The summed E-state index contributed by atoms with van der Waals surface area (Å²) in [7, 11) is 0. The van der Waals surface area contributed by atoms with E-state index in [1.165, 1.54) is 0 Å². The molecule has 3 rings (SSSR count). The van der Waals surface area contributed by atoms with Gasteiger partial charge in [-0.15, -0.1) is 0 Å². The van der Waals surface area contributed by atoms with E-state index in [-0.39, 0.29) is 18.6 Å². The third-order valence-electron chi connectivity index (χ3n) is 4.79. The molecule has 7 heteroatoms. The summed E-state index contributed by atoms with van der Waals surface area (Å²) >= 11 is 5.96. The van der Waals surface area contributed by atoms with Gasteiger partial charge < -0.3 is 15.0 Å². The van der Waals surface area contributed by atoms with Crippen LogP contribution >= 0.6 is 11.6 Å². The molecule has 152 valence electrons. The predicted molar refractivity (Wildman–Crippen MR) is 109 cm³/mol. The van der Waals surface area contributed by atoms with Crippen LogP contribution in [0.25, 0.3) is 0 Å². The number of hydrogen-bond donors (Lipinski definition) is 1. The molecule has 6 nitrogen and oxygen atoms in total. The number of amides is 2. The topological polar surface area (TPSA) is 75.7 Å². The second kappa shape index (κ2) is 9.56. The van der Waals surface area contributed by atoms with Crippen LogP contribution in [0.1, 0.15) is 47.3 Å². The number of benzene rings is 2. The summed E-state index contributed by atoms with van der Waals surface area (Å²) in [6.07, 6.45) is 1.49. The molecule has 0 aromatic heterocycles. The zero-order chi connectivity index (χ0) is 20.8. The van der Waals surface area contributed by atoms with Gasteiger partial charge >= 0.3 is 5.97 Å². The average molecular weight is 415 g/mol. The van der Waals surface area contributed by atoms with Crippen molar-refractivity contribution in [2.24, 2.45) is 0 Å². The molecule has 1 heterocycles. The van der Waals surface area contributed by atoms with E-state index in [9.17, 15) is 14.4 Å². The Labute approximate surface area is 174 Å². The van der Waals surface area contributed by atoms with Gasteiger partial charge in [0.2, 0.25) is 5.91 Å². The molecule has 0 bridgehead atoms. The second-order valence-corrected chi connectivity index (χ2v) is 7.47. The number of carbonyl (C=O) groups excluding carboxylic acids is 3. The molecule has 29 heavy (non-hydrogen) atoms. The fourth-order valence-corrected chi connectivity index (χ4v) is 3.39. The van der Waals surface area contributed by atoms with E-state index in [1.54, 1.807) is 41.3 Å². The van der Waals surface area contributed by atoms with E-state index >= 15 is 0 Å². The molecule has 1 fully saturated rings. The number of rotatable bonds is 7. The second-order valence-electron chi connectivity index (χ2n) is 7.04. The summed E-state index contributed by atoms with van der Waals surface area (Å²) < 4.78 is 5.10. The molecule has 0 aliphatic carbocycles. The molecule has 0 unspecified atom stereocenters. The number of nitrogens with zero attached hydrogens (tertiary/aromatic N) is 1. The zero-order valence-corrected chi connectivity index (χ0v) is 16.9. The maximum Gasteiger partial charge on any atom is 0.338 e. The molecule has 2 aromatic carbocycles. The standard InChI is InChI=1S/C22H23ClN2O4/c1-15(18-4-2-5-19(23)12-18)24-20(26)14-29-22(28)17-9-7-16(8-10-17)13-25-11-3-6-21(25)27/h2,4-5,7-10,12,15H,3,6,11,13-14H2,1H3,(H,24,26)/t15-/m0/s1. The van der Waals surface area contributed by atoms with Gasteiger partial charge in [-0.2, -0.15) is 0 Å². The fourth-order valence-electron chi connectivity index (χ4n) is 3.19. The van der Waals surface area contributed by atoms with Crippen molar-refractivity contribution < 1.29 is 19.1 Å². The van der Waals surface area contributed by atoms with Crippen LogP contribution in [0.3, 0.4) is 0 Å². The first-order chi connectivity index (χ1) is 13.9. The molecule has 2 aromatic rings. The Kier molecular flexibility index (Phi) is 6.88. The highest BCUT2D eigenvalue weighted by Crippen LogP contribution is 2.17. The fraction of sp³-hybridized carbons (Fsp3) is 0.318. The van der Waals surface area contributed by atoms with Crippen molar-refractivity contribution in [1.29, 1.82) is 0 Å². The number of nitrogens with one attached hydrogen (secondary N) is 1. The lowest BCUT2D eigenvalue weighted by Crippen LogP contribution is -2.31. The van der Waals surface area contributed by atoms with E-state index in [0.29, 0.717) is 23.6 Å². The van der Waals surface area contributed by atoms with Crippen LogP contribution in [0, 0.1) is 0 Å². The lowest BCUT2D eigenvalue weighted by molar-refractivity contribution is -0.128. The van der Waals surface area contributed by atoms with Crippen molar-refractivity contribution in [3.63, 3.8) is 0 Å². The Morgan fingerprint density at radius 3 is 2.62 bits per heavy atom. The van der Waals surface area contributed by atoms with Crippen LogP contribution in [0.5, 0.6) is 0 Å². The monoisotopic (exact) mass is 414 g/mol. The van der Waals surface area contributed by atoms with Gasteiger partial charge in [-0.1, -0.05) is 35.9 Å². The van der Waals surface area contributed by atoms with E-state index in [4.69, 9.17) is 16.3 Å². The van der Waals surface area contributed by atoms with Crippen molar-refractivity contribution in [3.8, 4) is 0 Å². The Morgan fingerprint density at radius 1 is 1.21 bits per heavy atom. The summed E-state index contributed by atoms with van der Waals surface area (Å²) in [6, 6.07) is 13.8. The molecule has 0 saturated carbocycles. The first-order valence-electron chi connectivity index (χ1n) is 9.51. The Morgan fingerprint density at radius 2 is 1.97 bits per heavy atom. The Balaban J connectivity index is 1.47. The van der Waals surface area contributed by atoms with E-state index in [2.05, 4.69) is 5.32 Å². The van der Waals surface area contributed by atoms with Crippen LogP contribution in [-0.2, 0) is 20.9 Å². The summed E-state index contributed by atoms with van der Waals surface area (Å²) in [6.45, 7) is 2.77. The van der Waals surface area contributed by atoms with Gasteiger partial charge in [0, 0.05) is 24.5 Å². The minimum Gasteiger partial charge on any atom is -0.452 e. The van der Waals surface area contributed by atoms with Gasteiger partial charge in [-0.3, -0.25) is 9.59 Å². The summed E-state index contributed by atoms with van der Waals surface area (Å²) in [5.41, 5.74) is 2.17. The maximum atomic E-state index is 12.2. The molecule has 0 radical (unpaired) electrons. The molecular weight excluding hydrogens is 392 g/mol. The Hall–Kier alpha value is -2.86. The number of esters is 1. The smallest absolute Gasteiger partial charge is 0.338 e. The van der Waals surface area contributed by atoms with Crippen LogP contribution in [-0.4, -0.2) is 35.8 Å². The quantitative estimate of drug-likeness (QED) is 0.703. The minimum atomic E-state index is -0.570. The first kappa shape index (κ1) is 20.9. The maximum absolute atomic E-state index is 12.2. The summed E-state index contributed by atoms with van der Waals surface area (Å²) in [5, 5.41) is 3.36. The predicted octanol–water partition coefficient (Wildman–Crippen LogP) is 3.50. The van der Waals surface area contributed by atoms with E-state index in [1.807, 2.05) is 19.1 Å². The normalized spacial score (nSPS) is 14.6. The molecular formula is C22H23ClN2O4. The van der Waals surface area contributed by atoms with Crippen LogP contribution < -0.4 is 5.32 Å². The van der Waals surface area contributed by atoms with Crippen LogP contribution in [0.4, 0.5) is 0 Å². The molecule has 1 atom stereocenters. The minimum absolute atomic E-state index is 0.159. The highest BCUT2D eigenvalue weighted by Gasteiger charge is 2.20. The summed E-state index contributed by atoms with van der Waals surface area (Å²) in [4.78, 5) is 37.7. The van der Waals surface area contributed by atoms with Crippen molar-refractivity contribution in [2.45, 2.75) is 32.4 Å². The largest absolute Gasteiger partial charge is 0.452 e. The van der Waals surface area contributed by atoms with Crippen LogP contribution in [0.15, 0.2) is 48.5 Å². The molecule has 1 saturated heterocycles. The number of ether oxygens (including phenoxy) is 1. The number of hydrogen-bond acceptors (Lipinski definition) is 4. The Bertz CT molecular complexity index is 898. The number of halogens is 1. The number of carbonyl (C=O) groups is 3. The third-order valence-corrected chi connectivity index (χ3v) is 5.03. The lowest BCUT2D eigenvalue weighted by atomic mass is 10.1. The van der Waals surface area contributed by atoms with Crippen molar-refractivity contribution in [2.75, 3.05) is 13.2 Å².